The second-order valence-corrected chi connectivity index (χ2v) is 11.3. The Labute approximate surface area is 187 Å². The minimum atomic E-state index is -0.351. The SMILES string of the molecule is C=C(/C=C\C=C/C)[C@]12CC3CC(C(=O)N[C@H]4CC[C@@H](CN)CC4)(C[C@](CCF)(C3)C1)C2. The van der Waals surface area contributed by atoms with Gasteiger partial charge in [-0.05, 0) is 112 Å². The molecule has 5 aliphatic carbocycles. The zero-order chi connectivity index (χ0) is 22.1. The van der Waals surface area contributed by atoms with Crippen molar-refractivity contribution in [1.82, 2.24) is 5.32 Å². The van der Waals surface area contributed by atoms with Crippen molar-refractivity contribution in [2.75, 3.05) is 13.2 Å². The molecule has 2 unspecified atom stereocenters. The van der Waals surface area contributed by atoms with E-state index in [0.29, 0.717) is 18.3 Å². The van der Waals surface area contributed by atoms with Crippen molar-refractivity contribution in [2.24, 2.45) is 33.8 Å². The van der Waals surface area contributed by atoms with Crippen LogP contribution in [-0.4, -0.2) is 25.2 Å². The number of carbonyl (C=O) groups excluding carboxylic acids is 1. The van der Waals surface area contributed by atoms with Crippen molar-refractivity contribution < 1.29 is 9.18 Å². The van der Waals surface area contributed by atoms with E-state index >= 15 is 0 Å². The van der Waals surface area contributed by atoms with Crippen LogP contribution in [0.25, 0.3) is 0 Å². The molecule has 5 rings (SSSR count). The van der Waals surface area contributed by atoms with E-state index in [1.165, 1.54) is 0 Å². The van der Waals surface area contributed by atoms with Gasteiger partial charge < -0.3 is 11.1 Å². The number of rotatable bonds is 8. The normalized spacial score (nSPS) is 41.8. The average Bonchev–Trinajstić information content (AvgIpc) is 2.73. The Morgan fingerprint density at radius 3 is 2.48 bits per heavy atom. The van der Waals surface area contributed by atoms with Gasteiger partial charge in [0.05, 0.1) is 12.1 Å². The first-order valence-electron chi connectivity index (χ1n) is 12.4. The lowest BCUT2D eigenvalue weighted by Gasteiger charge is -2.66. The fraction of sp³-hybridized carbons (Fsp3) is 0.741. The predicted molar refractivity (Wildman–Crippen MR) is 125 cm³/mol. The van der Waals surface area contributed by atoms with E-state index in [1.807, 2.05) is 19.1 Å². The molecule has 3 N–H and O–H groups in total. The van der Waals surface area contributed by atoms with E-state index < -0.39 is 0 Å². The molecule has 0 radical (unpaired) electrons. The lowest BCUT2D eigenvalue weighted by Crippen LogP contribution is -2.62. The Kier molecular flexibility index (Phi) is 6.49. The third-order valence-electron chi connectivity index (χ3n) is 9.09. The van der Waals surface area contributed by atoms with Gasteiger partial charge >= 0.3 is 0 Å². The van der Waals surface area contributed by atoms with Crippen LogP contribution in [0.1, 0.15) is 77.6 Å². The number of allylic oxidation sites excluding steroid dienone is 5. The van der Waals surface area contributed by atoms with Crippen LogP contribution in [0.3, 0.4) is 0 Å². The molecule has 0 aromatic heterocycles. The van der Waals surface area contributed by atoms with Gasteiger partial charge in [-0.3, -0.25) is 9.18 Å². The van der Waals surface area contributed by atoms with Crippen LogP contribution in [0.2, 0.25) is 0 Å². The first-order chi connectivity index (χ1) is 14.9. The van der Waals surface area contributed by atoms with Gasteiger partial charge in [-0.1, -0.05) is 30.9 Å². The van der Waals surface area contributed by atoms with Gasteiger partial charge in [0.2, 0.25) is 5.91 Å². The van der Waals surface area contributed by atoms with Gasteiger partial charge in [0.15, 0.2) is 0 Å². The van der Waals surface area contributed by atoms with Gasteiger partial charge in [0, 0.05) is 6.04 Å². The molecular formula is C27H41FN2O. The molecular weight excluding hydrogens is 387 g/mol. The summed E-state index contributed by atoms with van der Waals surface area (Å²) in [5, 5.41) is 3.46. The number of hydrogen-bond donors (Lipinski definition) is 2. The molecule has 3 nitrogen and oxygen atoms in total. The van der Waals surface area contributed by atoms with Gasteiger partial charge in [-0.15, -0.1) is 0 Å². The molecule has 4 atom stereocenters. The van der Waals surface area contributed by atoms with E-state index in [2.05, 4.69) is 24.0 Å². The van der Waals surface area contributed by atoms with Crippen LogP contribution in [0.15, 0.2) is 36.5 Å². The van der Waals surface area contributed by atoms with Crippen LogP contribution >= 0.6 is 0 Å². The van der Waals surface area contributed by atoms with Crippen molar-refractivity contribution in [2.45, 2.75) is 83.6 Å². The zero-order valence-corrected chi connectivity index (χ0v) is 19.3. The summed E-state index contributed by atoms with van der Waals surface area (Å²) in [6.07, 6.45) is 19.0. The second-order valence-electron chi connectivity index (χ2n) is 11.3. The molecule has 0 heterocycles. The maximum Gasteiger partial charge on any atom is 0.226 e. The summed E-state index contributed by atoms with van der Waals surface area (Å²) < 4.78 is 13.7. The summed E-state index contributed by atoms with van der Waals surface area (Å²) in [6.45, 7) is 6.95. The van der Waals surface area contributed by atoms with Gasteiger partial charge in [0.25, 0.3) is 0 Å². The first-order valence-corrected chi connectivity index (χ1v) is 12.4. The zero-order valence-electron chi connectivity index (χ0n) is 19.3. The Morgan fingerprint density at radius 1 is 1.10 bits per heavy atom. The standard InChI is InChI=1S/C27H41FN2O/c1-3-4-5-6-20(2)26-14-22-13-25(17-26,11-12-28)18-27(15-22,19-26)24(31)30-23-9-7-21(16-29)8-10-23/h3-6,21-23H,2,7-19,29H2,1H3,(H,30,31)/b4-3-,6-5-/t21-,22?,23+,25-,26-,27?/m1/s1. The number of carbonyl (C=O) groups is 1. The monoisotopic (exact) mass is 428 g/mol. The molecule has 4 heteroatoms. The van der Waals surface area contributed by atoms with Crippen molar-refractivity contribution >= 4 is 5.91 Å². The Bertz CT molecular complexity index is 752. The maximum atomic E-state index is 13.8. The van der Waals surface area contributed by atoms with Crippen LogP contribution in [0.5, 0.6) is 0 Å². The fourth-order valence-electron chi connectivity index (χ4n) is 8.07. The molecule has 0 saturated heterocycles. The molecule has 0 aliphatic heterocycles. The topological polar surface area (TPSA) is 55.1 Å². The molecule has 4 bridgehead atoms. The van der Waals surface area contributed by atoms with Crippen molar-refractivity contribution in [1.29, 1.82) is 0 Å². The molecule has 1 amide bonds. The Morgan fingerprint density at radius 2 is 1.81 bits per heavy atom. The predicted octanol–water partition coefficient (Wildman–Crippen LogP) is 5.63. The molecule has 5 aliphatic rings. The van der Waals surface area contributed by atoms with Gasteiger partial charge in [-0.25, -0.2) is 0 Å². The third-order valence-corrected chi connectivity index (χ3v) is 9.09. The molecule has 31 heavy (non-hydrogen) atoms. The first kappa shape index (κ1) is 22.8. The number of halogens is 1. The molecule has 5 fully saturated rings. The van der Waals surface area contributed by atoms with Crippen LogP contribution in [-0.2, 0) is 4.79 Å². The van der Waals surface area contributed by atoms with Crippen molar-refractivity contribution in [3.8, 4) is 0 Å². The van der Waals surface area contributed by atoms with E-state index in [0.717, 1.165) is 76.3 Å². The third kappa shape index (κ3) is 4.29. The summed E-state index contributed by atoms with van der Waals surface area (Å²) in [7, 11) is 0. The smallest absolute Gasteiger partial charge is 0.226 e. The minimum Gasteiger partial charge on any atom is -0.353 e. The van der Waals surface area contributed by atoms with Crippen molar-refractivity contribution in [3.63, 3.8) is 0 Å². The molecule has 5 saturated carbocycles. The highest BCUT2D eigenvalue weighted by Crippen LogP contribution is 2.72. The highest BCUT2D eigenvalue weighted by Gasteiger charge is 2.65. The quantitative estimate of drug-likeness (QED) is 0.493. The summed E-state index contributed by atoms with van der Waals surface area (Å²) in [6, 6.07) is 0.272. The Balaban J connectivity index is 1.57. The number of amides is 1. The largest absolute Gasteiger partial charge is 0.353 e. The fourth-order valence-corrected chi connectivity index (χ4v) is 8.07. The second kappa shape index (κ2) is 8.84. The summed E-state index contributed by atoms with van der Waals surface area (Å²) in [5.41, 5.74) is 6.54. The van der Waals surface area contributed by atoms with Gasteiger partial charge in [0.1, 0.15) is 0 Å². The summed E-state index contributed by atoms with van der Waals surface area (Å²) in [4.78, 5) is 13.8. The summed E-state index contributed by atoms with van der Waals surface area (Å²) in [5.74, 6) is 1.36. The van der Waals surface area contributed by atoms with Crippen LogP contribution < -0.4 is 11.1 Å². The maximum absolute atomic E-state index is 13.8. The average molecular weight is 429 g/mol. The van der Waals surface area contributed by atoms with Gasteiger partial charge in [-0.2, -0.15) is 0 Å². The highest BCUT2D eigenvalue weighted by molar-refractivity contribution is 5.84. The Hall–Kier alpha value is -1.42. The van der Waals surface area contributed by atoms with Crippen molar-refractivity contribution in [3.05, 3.63) is 36.5 Å². The lowest BCUT2D eigenvalue weighted by molar-refractivity contribution is -0.172. The molecule has 0 aromatic rings. The van der Waals surface area contributed by atoms with Crippen LogP contribution in [0, 0.1) is 28.1 Å². The lowest BCUT2D eigenvalue weighted by atomic mass is 9.37. The summed E-state index contributed by atoms with van der Waals surface area (Å²) >= 11 is 0. The van der Waals surface area contributed by atoms with E-state index in [1.54, 1.807) is 0 Å². The van der Waals surface area contributed by atoms with E-state index in [4.69, 9.17) is 5.73 Å². The number of nitrogens with one attached hydrogen (secondary N) is 1. The molecule has 0 aromatic carbocycles. The minimum absolute atomic E-state index is 0.0416. The molecule has 0 spiro atoms. The van der Waals surface area contributed by atoms with E-state index in [9.17, 15) is 9.18 Å². The van der Waals surface area contributed by atoms with Crippen LogP contribution in [0.4, 0.5) is 4.39 Å². The molecule has 172 valence electrons. The van der Waals surface area contributed by atoms with E-state index in [-0.39, 0.29) is 34.9 Å². The number of hydrogen-bond acceptors (Lipinski definition) is 2. The number of nitrogens with two attached hydrogens (primary N) is 1. The highest BCUT2D eigenvalue weighted by atomic mass is 19.1. The number of alkyl halides is 1.